The van der Waals surface area contributed by atoms with Gasteiger partial charge < -0.3 is 9.31 Å². The van der Waals surface area contributed by atoms with Crippen LogP contribution in [-0.2, 0) is 18.9 Å². The molecule has 0 amide bonds. The monoisotopic (exact) mass is 197 g/mol. The van der Waals surface area contributed by atoms with Crippen LogP contribution in [0.5, 0.6) is 0 Å². The molecule has 0 bridgehead atoms. The molecule has 1 radical (unpaired) electrons. The Balaban J connectivity index is 3.27. The number of carbonyl (C=O) groups excluding carboxylic acids is 2. The highest BCUT2D eigenvalue weighted by atomic mass is 35.5. The van der Waals surface area contributed by atoms with Crippen LogP contribution in [0.1, 0.15) is 0 Å². The van der Waals surface area contributed by atoms with Crippen LogP contribution < -0.4 is 0 Å². The Hall–Kier alpha value is -0.415. The molecule has 0 atom stereocenters. The fraction of sp³-hybridized carbons (Fsp3) is 0.500. The lowest BCUT2D eigenvalue weighted by atomic mass is 10.4. The molecule has 7 heteroatoms. The number of hydrogen-bond donors (Lipinski definition) is 0. The van der Waals surface area contributed by atoms with Crippen LogP contribution in [0.2, 0.25) is 0 Å². The van der Waals surface area contributed by atoms with Crippen molar-refractivity contribution in [3.8, 4) is 0 Å². The van der Waals surface area contributed by atoms with Crippen molar-refractivity contribution in [2.45, 2.75) is 0 Å². The van der Waals surface area contributed by atoms with Gasteiger partial charge in [-0.15, -0.1) is 23.2 Å². The maximum atomic E-state index is 10.3. The summed E-state index contributed by atoms with van der Waals surface area (Å²) < 4.78 is 8.33. The van der Waals surface area contributed by atoms with Crippen molar-refractivity contribution in [3.63, 3.8) is 0 Å². The van der Waals surface area contributed by atoms with Gasteiger partial charge in [0.25, 0.3) is 0 Å². The third-order valence-corrected chi connectivity index (χ3v) is 1.01. The van der Waals surface area contributed by atoms with E-state index < -0.39 is 11.9 Å². The maximum Gasteiger partial charge on any atom is 0.662 e. The molecule has 0 aliphatic heterocycles. The Morgan fingerprint density at radius 3 is 1.73 bits per heavy atom. The van der Waals surface area contributed by atoms with E-state index in [2.05, 4.69) is 9.31 Å². The summed E-state index contributed by atoms with van der Waals surface area (Å²) in [5.41, 5.74) is 0. The van der Waals surface area contributed by atoms with Crippen LogP contribution in [0.15, 0.2) is 0 Å². The average molecular weight is 198 g/mol. The number of alkyl halides is 2. The second-order valence-corrected chi connectivity index (χ2v) is 1.88. The predicted octanol–water partition coefficient (Wildman–Crippen LogP) is 0.0846. The van der Waals surface area contributed by atoms with Gasteiger partial charge in [-0.2, -0.15) is 0 Å². The van der Waals surface area contributed by atoms with Gasteiger partial charge in [0.2, 0.25) is 0 Å². The van der Waals surface area contributed by atoms with Crippen LogP contribution in [0.25, 0.3) is 0 Å². The number of hydrogen-bond acceptors (Lipinski definition) is 4. The van der Waals surface area contributed by atoms with Crippen molar-refractivity contribution in [1.29, 1.82) is 0 Å². The number of rotatable bonds is 4. The van der Waals surface area contributed by atoms with Crippen LogP contribution in [0.4, 0.5) is 0 Å². The molecule has 0 spiro atoms. The highest BCUT2D eigenvalue weighted by molar-refractivity contribution is 6.33. The second kappa shape index (κ2) is 6.31. The molecule has 0 aliphatic rings. The molecule has 0 fully saturated rings. The first-order valence-corrected chi connectivity index (χ1v) is 3.60. The largest absolute Gasteiger partial charge is 0.662 e. The molecule has 4 nitrogen and oxygen atoms in total. The highest BCUT2D eigenvalue weighted by Gasteiger charge is 2.07. The van der Waals surface area contributed by atoms with E-state index in [0.29, 0.717) is 7.69 Å². The Bertz CT molecular complexity index is 135. The third-order valence-electron chi connectivity index (χ3n) is 0.577. The molecule has 0 unspecified atom stereocenters. The first-order valence-electron chi connectivity index (χ1n) is 2.53. The van der Waals surface area contributed by atoms with Crippen molar-refractivity contribution < 1.29 is 18.9 Å². The van der Waals surface area contributed by atoms with Crippen LogP contribution in [-0.4, -0.2) is 31.4 Å². The summed E-state index contributed by atoms with van der Waals surface area (Å²) in [5, 5.41) is 0. The van der Waals surface area contributed by atoms with Gasteiger partial charge in [0.15, 0.2) is 0 Å². The molecule has 11 heavy (non-hydrogen) atoms. The minimum Gasteiger partial charge on any atom is -0.499 e. The van der Waals surface area contributed by atoms with Gasteiger partial charge in [0, 0.05) is 0 Å². The van der Waals surface area contributed by atoms with Crippen LogP contribution in [0, 0.1) is 0 Å². The lowest BCUT2D eigenvalue weighted by Crippen LogP contribution is -2.17. The zero-order chi connectivity index (χ0) is 8.69. The van der Waals surface area contributed by atoms with E-state index in [9.17, 15) is 9.59 Å². The van der Waals surface area contributed by atoms with E-state index in [1.807, 2.05) is 0 Å². The standard InChI is InChI=1S/C4H4BCl2O4/c6-1-3(8)10-5-11-4(9)2-7/h1-2H2. The van der Waals surface area contributed by atoms with E-state index >= 15 is 0 Å². The zero-order valence-electron chi connectivity index (χ0n) is 5.38. The lowest BCUT2D eigenvalue weighted by molar-refractivity contribution is -0.136. The molecular weight excluding hydrogens is 194 g/mol. The normalized spacial score (nSPS) is 8.55. The maximum absolute atomic E-state index is 10.3. The summed E-state index contributed by atoms with van der Waals surface area (Å²) in [4.78, 5) is 20.5. The minimum absolute atomic E-state index is 0.297. The van der Waals surface area contributed by atoms with Gasteiger partial charge >= 0.3 is 19.6 Å². The molecule has 0 N–H and O–H groups in total. The molecule has 0 aromatic rings. The minimum atomic E-state index is -0.700. The summed E-state index contributed by atoms with van der Waals surface area (Å²) in [5.74, 6) is -1.99. The van der Waals surface area contributed by atoms with Crippen molar-refractivity contribution in [3.05, 3.63) is 0 Å². The van der Waals surface area contributed by atoms with Gasteiger partial charge in [-0.05, 0) is 0 Å². The molecular formula is C4H4BCl2O4. The van der Waals surface area contributed by atoms with E-state index in [-0.39, 0.29) is 11.8 Å². The highest BCUT2D eigenvalue weighted by Crippen LogP contribution is 1.84. The van der Waals surface area contributed by atoms with Crippen molar-refractivity contribution in [1.82, 2.24) is 0 Å². The molecule has 0 saturated heterocycles. The quantitative estimate of drug-likeness (QED) is 0.474. The Kier molecular flexibility index (Phi) is 6.07. The Morgan fingerprint density at radius 2 is 1.45 bits per heavy atom. The SMILES string of the molecule is O=C(CCl)O[B]OC(=O)CCl. The first kappa shape index (κ1) is 10.6. The first-order chi connectivity index (χ1) is 5.20. The van der Waals surface area contributed by atoms with Gasteiger partial charge in [-0.3, -0.25) is 9.59 Å². The van der Waals surface area contributed by atoms with Crippen LogP contribution >= 0.6 is 23.2 Å². The summed E-state index contributed by atoms with van der Waals surface area (Å²) in [6.07, 6.45) is 0. The Labute approximate surface area is 74.0 Å². The van der Waals surface area contributed by atoms with Gasteiger partial charge in [-0.25, -0.2) is 0 Å². The summed E-state index contributed by atoms with van der Waals surface area (Å²) in [6.45, 7) is 0. The second-order valence-electron chi connectivity index (χ2n) is 1.34. The van der Waals surface area contributed by atoms with E-state index in [1.54, 1.807) is 0 Å². The zero-order valence-corrected chi connectivity index (χ0v) is 6.89. The van der Waals surface area contributed by atoms with Crippen molar-refractivity contribution in [2.24, 2.45) is 0 Å². The smallest absolute Gasteiger partial charge is 0.499 e. The van der Waals surface area contributed by atoms with Crippen LogP contribution in [0.3, 0.4) is 0 Å². The lowest BCUT2D eigenvalue weighted by Gasteiger charge is -1.99. The van der Waals surface area contributed by atoms with E-state index in [0.717, 1.165) is 0 Å². The van der Waals surface area contributed by atoms with Crippen molar-refractivity contribution >= 4 is 42.8 Å². The third kappa shape index (κ3) is 6.00. The van der Waals surface area contributed by atoms with Gasteiger partial charge in [0.05, 0.1) is 0 Å². The van der Waals surface area contributed by atoms with E-state index in [4.69, 9.17) is 23.2 Å². The fourth-order valence-electron chi connectivity index (χ4n) is 0.194. The molecule has 0 aromatic heterocycles. The topological polar surface area (TPSA) is 52.6 Å². The molecule has 0 rings (SSSR count). The van der Waals surface area contributed by atoms with Gasteiger partial charge in [0.1, 0.15) is 11.8 Å². The molecule has 0 heterocycles. The molecule has 0 saturated carbocycles. The number of halogens is 2. The molecule has 0 aliphatic carbocycles. The Morgan fingerprint density at radius 1 is 1.09 bits per heavy atom. The average Bonchev–Trinajstić information content (AvgIpc) is 2.04. The predicted molar refractivity (Wildman–Crippen MR) is 39.4 cm³/mol. The van der Waals surface area contributed by atoms with Crippen molar-refractivity contribution in [2.75, 3.05) is 11.8 Å². The summed E-state index contributed by atoms with van der Waals surface area (Å²) in [7, 11) is 0.593. The molecule has 0 aromatic carbocycles. The fourth-order valence-corrected chi connectivity index (χ4v) is 0.320. The summed E-state index contributed by atoms with van der Waals surface area (Å²) in [6, 6.07) is 0. The van der Waals surface area contributed by atoms with Gasteiger partial charge in [-0.1, -0.05) is 0 Å². The number of carbonyl (C=O) groups is 2. The summed E-state index contributed by atoms with van der Waals surface area (Å²) >= 11 is 10.1. The molecule has 61 valence electrons. The van der Waals surface area contributed by atoms with E-state index in [1.165, 1.54) is 0 Å².